The van der Waals surface area contributed by atoms with Gasteiger partial charge in [0, 0.05) is 6.92 Å². The minimum Gasteiger partial charge on any atom is -0.465 e. The second kappa shape index (κ2) is 8.81. The van der Waals surface area contributed by atoms with Crippen LogP contribution in [0.1, 0.15) is 6.92 Å². The van der Waals surface area contributed by atoms with Gasteiger partial charge in [-0.2, -0.15) is 0 Å². The zero-order chi connectivity index (χ0) is 20.0. The molecular weight excluding hydrogens is 369 g/mol. The third-order valence-electron chi connectivity index (χ3n) is 4.64. The van der Waals surface area contributed by atoms with Crippen molar-refractivity contribution in [1.29, 1.82) is 0 Å². The van der Waals surface area contributed by atoms with Crippen LogP contribution < -0.4 is 21.2 Å². The largest absolute Gasteiger partial charge is 0.465 e. The summed E-state index contributed by atoms with van der Waals surface area (Å²) >= 11 is 0. The highest BCUT2D eigenvalue weighted by atomic mass is 31.2. The highest BCUT2D eigenvalue weighted by Crippen LogP contribution is 2.59. The van der Waals surface area contributed by atoms with E-state index >= 15 is 0 Å². The summed E-state index contributed by atoms with van der Waals surface area (Å²) in [5.41, 5.74) is 0. The van der Waals surface area contributed by atoms with Crippen LogP contribution in [0.4, 0.5) is 0 Å². The normalized spacial score (nSPS) is 12.1. The number of carbonyl (C=O) groups excluding carboxylic acids is 2. The minimum absolute atomic E-state index is 0.275. The van der Waals surface area contributed by atoms with Crippen LogP contribution in [0.2, 0.25) is 0 Å². The fourth-order valence-electron chi connectivity index (χ4n) is 3.50. The molecule has 4 nitrogen and oxygen atoms in total. The van der Waals surface area contributed by atoms with Crippen LogP contribution in [0.5, 0.6) is 0 Å². The molecule has 0 spiro atoms. The summed E-state index contributed by atoms with van der Waals surface area (Å²) in [7, 11) is -1.24. The Balaban J connectivity index is 2.42. The Morgan fingerprint density at radius 1 is 0.750 bits per heavy atom. The Morgan fingerprint density at radius 3 is 1.39 bits per heavy atom. The maximum atomic E-state index is 13.0. The van der Waals surface area contributed by atoms with Crippen molar-refractivity contribution in [2.45, 2.75) is 12.7 Å². The predicted molar refractivity (Wildman–Crippen MR) is 115 cm³/mol. The fourth-order valence-corrected chi connectivity index (χ4v) is 8.02. The van der Waals surface area contributed by atoms with E-state index in [0.717, 1.165) is 15.9 Å². The SMILES string of the molecule is COC(=O)C(NC(C)=O)[P+](c1ccccc1)(c1ccccc1)c1ccccc1. The van der Waals surface area contributed by atoms with Crippen molar-refractivity contribution in [1.82, 2.24) is 5.32 Å². The van der Waals surface area contributed by atoms with Gasteiger partial charge in [-0.3, -0.25) is 4.79 Å². The molecule has 0 bridgehead atoms. The molecule has 0 aliphatic heterocycles. The number of carbonyl (C=O) groups is 2. The summed E-state index contributed by atoms with van der Waals surface area (Å²) in [6.45, 7) is 1.42. The lowest BCUT2D eigenvalue weighted by Crippen LogP contribution is -2.51. The zero-order valence-electron chi connectivity index (χ0n) is 15.9. The highest BCUT2D eigenvalue weighted by molar-refractivity contribution is 7.96. The molecule has 0 aliphatic rings. The molecule has 0 aliphatic carbocycles. The molecule has 0 fully saturated rings. The molecule has 1 atom stereocenters. The van der Waals surface area contributed by atoms with E-state index in [4.69, 9.17) is 4.74 Å². The van der Waals surface area contributed by atoms with Crippen LogP contribution >= 0.6 is 7.26 Å². The minimum atomic E-state index is -2.60. The fraction of sp³-hybridized carbons (Fsp3) is 0.130. The van der Waals surface area contributed by atoms with Gasteiger partial charge in [0.1, 0.15) is 23.2 Å². The number of hydrogen-bond donors (Lipinski definition) is 1. The van der Waals surface area contributed by atoms with Crippen LogP contribution in [0, 0.1) is 0 Å². The Kier molecular flexibility index (Phi) is 6.23. The van der Waals surface area contributed by atoms with E-state index in [1.807, 2.05) is 91.0 Å². The molecule has 1 unspecified atom stereocenters. The van der Waals surface area contributed by atoms with Crippen molar-refractivity contribution in [2.24, 2.45) is 0 Å². The van der Waals surface area contributed by atoms with E-state index in [-0.39, 0.29) is 5.91 Å². The summed E-state index contributed by atoms with van der Waals surface area (Å²) in [4.78, 5) is 25.1. The Labute approximate surface area is 165 Å². The van der Waals surface area contributed by atoms with Crippen molar-refractivity contribution < 1.29 is 14.3 Å². The number of hydrogen-bond acceptors (Lipinski definition) is 3. The van der Waals surface area contributed by atoms with E-state index in [0.29, 0.717) is 0 Å². The average molecular weight is 392 g/mol. The lowest BCUT2D eigenvalue weighted by molar-refractivity contribution is -0.142. The summed E-state index contributed by atoms with van der Waals surface area (Å²) < 4.78 is 5.16. The molecule has 3 rings (SSSR count). The van der Waals surface area contributed by atoms with Gasteiger partial charge in [0.15, 0.2) is 0 Å². The first-order valence-electron chi connectivity index (χ1n) is 9.01. The molecule has 3 aromatic rings. The number of rotatable bonds is 6. The van der Waals surface area contributed by atoms with Gasteiger partial charge in [0.25, 0.3) is 5.78 Å². The summed E-state index contributed by atoms with van der Waals surface area (Å²) in [6, 6.07) is 29.7. The number of amides is 1. The van der Waals surface area contributed by atoms with E-state index < -0.39 is 19.0 Å². The van der Waals surface area contributed by atoms with E-state index in [2.05, 4.69) is 5.32 Å². The highest BCUT2D eigenvalue weighted by Gasteiger charge is 2.57. The average Bonchev–Trinajstić information content (AvgIpc) is 2.75. The Hall–Kier alpha value is -2.97. The molecule has 3 aromatic carbocycles. The smallest absolute Gasteiger partial charge is 0.369 e. The van der Waals surface area contributed by atoms with Crippen molar-refractivity contribution in [3.05, 3.63) is 91.0 Å². The van der Waals surface area contributed by atoms with Gasteiger partial charge < -0.3 is 10.1 Å². The number of nitrogens with one attached hydrogen (secondary N) is 1. The Bertz CT molecular complexity index is 833. The molecule has 1 N–H and O–H groups in total. The van der Waals surface area contributed by atoms with Crippen molar-refractivity contribution >= 4 is 35.1 Å². The van der Waals surface area contributed by atoms with Crippen LogP contribution in [0.3, 0.4) is 0 Å². The summed E-state index contributed by atoms with van der Waals surface area (Å²) in [5, 5.41) is 5.89. The van der Waals surface area contributed by atoms with Crippen molar-refractivity contribution in [3.63, 3.8) is 0 Å². The first-order chi connectivity index (χ1) is 13.6. The van der Waals surface area contributed by atoms with E-state index in [9.17, 15) is 9.59 Å². The lowest BCUT2D eigenvalue weighted by atomic mass is 10.3. The van der Waals surface area contributed by atoms with Crippen LogP contribution in [0.15, 0.2) is 91.0 Å². The molecule has 142 valence electrons. The molecule has 0 saturated heterocycles. The van der Waals surface area contributed by atoms with Crippen LogP contribution in [-0.4, -0.2) is 24.8 Å². The standard InChI is InChI=1S/C23H22NO3P/c1-18(25)24-22(23(26)27-2)28(19-12-6-3-7-13-19,20-14-8-4-9-15-20)21-16-10-5-11-17-21/h3-17,22H,1-2H3/p+1. The zero-order valence-corrected chi connectivity index (χ0v) is 16.8. The number of esters is 1. The first-order valence-corrected chi connectivity index (χ1v) is 10.9. The van der Waals surface area contributed by atoms with Crippen LogP contribution in [-0.2, 0) is 14.3 Å². The molecule has 0 heterocycles. The third-order valence-corrected chi connectivity index (χ3v) is 9.09. The molecule has 5 heteroatoms. The topological polar surface area (TPSA) is 55.4 Å². The molecule has 1 amide bonds. The monoisotopic (exact) mass is 392 g/mol. The Morgan fingerprint density at radius 2 is 1.11 bits per heavy atom. The van der Waals surface area contributed by atoms with Gasteiger partial charge in [0.2, 0.25) is 5.91 Å². The maximum absolute atomic E-state index is 13.0. The third kappa shape index (κ3) is 3.69. The van der Waals surface area contributed by atoms with Gasteiger partial charge in [-0.25, -0.2) is 4.79 Å². The molecule has 28 heavy (non-hydrogen) atoms. The molecular formula is C23H23NO3P+. The lowest BCUT2D eigenvalue weighted by Gasteiger charge is -2.33. The molecule has 0 aromatic heterocycles. The number of methoxy groups -OCH3 is 1. The van der Waals surface area contributed by atoms with Gasteiger partial charge >= 0.3 is 5.97 Å². The van der Waals surface area contributed by atoms with Crippen molar-refractivity contribution in [2.75, 3.05) is 7.11 Å². The maximum Gasteiger partial charge on any atom is 0.369 e. The molecule has 0 radical (unpaired) electrons. The second-order valence-electron chi connectivity index (χ2n) is 6.36. The van der Waals surface area contributed by atoms with Gasteiger partial charge in [-0.1, -0.05) is 54.6 Å². The molecule has 0 saturated carbocycles. The van der Waals surface area contributed by atoms with E-state index in [1.54, 1.807) is 0 Å². The van der Waals surface area contributed by atoms with E-state index in [1.165, 1.54) is 14.0 Å². The van der Waals surface area contributed by atoms with Gasteiger partial charge in [-0.05, 0) is 36.4 Å². The second-order valence-corrected chi connectivity index (χ2v) is 9.87. The quantitative estimate of drug-likeness (QED) is 0.518. The number of benzene rings is 3. The van der Waals surface area contributed by atoms with Gasteiger partial charge in [0.05, 0.1) is 7.11 Å². The summed E-state index contributed by atoms with van der Waals surface area (Å²) in [5.74, 6) is -1.56. The number of ether oxygens (including phenoxy) is 1. The van der Waals surface area contributed by atoms with Gasteiger partial charge in [-0.15, -0.1) is 0 Å². The first kappa shape index (κ1) is 19.8. The summed E-state index contributed by atoms with van der Waals surface area (Å²) in [6.07, 6.45) is 0. The van der Waals surface area contributed by atoms with Crippen LogP contribution in [0.25, 0.3) is 0 Å². The predicted octanol–water partition coefficient (Wildman–Crippen LogP) is 2.62. The van der Waals surface area contributed by atoms with Crippen molar-refractivity contribution in [3.8, 4) is 0 Å².